The number of nitrogens with one attached hydrogen (secondary N) is 2. The van der Waals surface area contributed by atoms with Crippen LogP contribution < -0.4 is 15.6 Å². The summed E-state index contributed by atoms with van der Waals surface area (Å²) in [7, 11) is 0. The van der Waals surface area contributed by atoms with Crippen LogP contribution in [0.5, 0.6) is 0 Å². The van der Waals surface area contributed by atoms with Gasteiger partial charge in [0.15, 0.2) is 12.0 Å². The van der Waals surface area contributed by atoms with E-state index >= 15 is 0 Å². The van der Waals surface area contributed by atoms with Gasteiger partial charge in [-0.05, 0) is 12.1 Å². The van der Waals surface area contributed by atoms with Crippen molar-refractivity contribution in [2.24, 2.45) is 0 Å². The van der Waals surface area contributed by atoms with E-state index in [9.17, 15) is 4.79 Å². The molecule has 1 aliphatic rings. The predicted molar refractivity (Wildman–Crippen MR) is 66.4 cm³/mol. The van der Waals surface area contributed by atoms with E-state index in [0.29, 0.717) is 23.0 Å². The van der Waals surface area contributed by atoms with E-state index in [0.717, 1.165) is 0 Å². The number of fused-ring (bicyclic) bond motifs is 1. The number of anilines is 1. The van der Waals surface area contributed by atoms with Gasteiger partial charge in [-0.2, -0.15) is 0 Å². The zero-order chi connectivity index (χ0) is 12.4. The molecule has 0 aliphatic carbocycles. The molecular weight excluding hydrogens is 230 g/mol. The summed E-state index contributed by atoms with van der Waals surface area (Å²) >= 11 is 0. The van der Waals surface area contributed by atoms with Gasteiger partial charge in [-0.3, -0.25) is 10.1 Å². The molecule has 0 bridgehead atoms. The lowest BCUT2D eigenvalue weighted by Gasteiger charge is -1.99. The van der Waals surface area contributed by atoms with Gasteiger partial charge < -0.3 is 0 Å². The van der Waals surface area contributed by atoms with Gasteiger partial charge in [0, 0.05) is 0 Å². The number of aromatic nitrogens is 2. The number of aliphatic imine (C=N–C) groups is 1. The Balaban J connectivity index is 1.75. The van der Waals surface area contributed by atoms with E-state index < -0.39 is 0 Å². The lowest BCUT2D eigenvalue weighted by atomic mass is 10.2. The lowest BCUT2D eigenvalue weighted by Crippen LogP contribution is -2.36. The molecule has 2 aromatic rings. The lowest BCUT2D eigenvalue weighted by molar-refractivity contribution is 0.0977. The van der Waals surface area contributed by atoms with Crippen LogP contribution in [-0.2, 0) is 0 Å². The highest BCUT2D eigenvalue weighted by molar-refractivity contribution is 6.12. The number of rotatable bonds is 1. The largest absolute Gasteiger partial charge is 0.353 e. The fourth-order valence-corrected chi connectivity index (χ4v) is 1.59. The summed E-state index contributed by atoms with van der Waals surface area (Å²) < 4.78 is 0. The highest BCUT2D eigenvalue weighted by Gasteiger charge is 2.25. The first-order chi connectivity index (χ1) is 8.83. The van der Waals surface area contributed by atoms with Crippen molar-refractivity contribution in [2.75, 3.05) is 5.32 Å². The Morgan fingerprint density at radius 3 is 2.89 bits per heavy atom. The van der Waals surface area contributed by atoms with E-state index in [1.165, 1.54) is 6.33 Å². The Morgan fingerprint density at radius 2 is 2.11 bits per heavy atom. The minimum absolute atomic E-state index is 0.220. The van der Waals surface area contributed by atoms with Gasteiger partial charge in [0.25, 0.3) is 5.91 Å². The first-order valence-corrected chi connectivity index (χ1v) is 5.35. The highest BCUT2D eigenvalue weighted by atomic mass is 16.1. The molecule has 0 spiro atoms. The summed E-state index contributed by atoms with van der Waals surface area (Å²) in [6.45, 7) is 0. The minimum atomic E-state index is -0.220. The Morgan fingerprint density at radius 1 is 1.28 bits per heavy atom. The van der Waals surface area contributed by atoms with Crippen LogP contribution in [0.15, 0.2) is 42.9 Å². The van der Waals surface area contributed by atoms with Crippen molar-refractivity contribution >= 4 is 23.4 Å². The maximum atomic E-state index is 11.9. The van der Waals surface area contributed by atoms with Crippen LogP contribution in [0.25, 0.3) is 0 Å². The summed E-state index contributed by atoms with van der Waals surface area (Å²) in [5, 5.41) is 5.60. The van der Waals surface area contributed by atoms with Crippen molar-refractivity contribution in [2.45, 2.75) is 0 Å². The van der Waals surface area contributed by atoms with Crippen LogP contribution in [0.4, 0.5) is 11.5 Å². The summed E-state index contributed by atoms with van der Waals surface area (Å²) in [4.78, 5) is 23.9. The third kappa shape index (κ3) is 1.91. The Kier molecular flexibility index (Phi) is 2.45. The molecule has 2 heterocycles. The van der Waals surface area contributed by atoms with Crippen LogP contribution in [-0.4, -0.2) is 21.8 Å². The molecule has 0 saturated carbocycles. The van der Waals surface area contributed by atoms with Gasteiger partial charge in [0.05, 0.1) is 11.8 Å². The first kappa shape index (κ1) is 10.4. The average Bonchev–Trinajstić information content (AvgIpc) is 2.82. The molecule has 0 saturated heterocycles. The molecule has 1 aromatic carbocycles. The minimum Gasteiger partial charge on any atom is -0.256 e. The Hall–Kier alpha value is -2.76. The molecule has 6 heteroatoms. The Bertz CT molecular complexity index is 623. The molecule has 87 valence electrons. The van der Waals surface area contributed by atoms with Gasteiger partial charge in [-0.1, -0.05) is 23.2 Å². The average molecular weight is 239 g/mol. The summed E-state index contributed by atoms with van der Waals surface area (Å²) in [6.07, 6.45) is 3.01. The molecule has 0 fully saturated rings. The third-order valence-corrected chi connectivity index (χ3v) is 2.43. The number of amides is 1. The SMILES string of the molecule is O=C(NC1=[N+]c2ncncc2N1)c1ccccc1. The maximum Gasteiger partial charge on any atom is 0.353 e. The van der Waals surface area contributed by atoms with E-state index in [2.05, 4.69) is 25.6 Å². The molecule has 3 rings (SSSR count). The third-order valence-electron chi connectivity index (χ3n) is 2.43. The number of hydrogen-bond acceptors (Lipinski definition) is 5. The van der Waals surface area contributed by atoms with Crippen LogP contribution in [0, 0.1) is 0 Å². The zero-order valence-electron chi connectivity index (χ0n) is 9.29. The summed E-state index contributed by atoms with van der Waals surface area (Å²) in [6, 6.07) is 8.93. The molecule has 0 atom stereocenters. The van der Waals surface area contributed by atoms with E-state index in [4.69, 9.17) is 0 Å². The molecule has 1 aliphatic heterocycles. The number of benzene rings is 1. The van der Waals surface area contributed by atoms with Gasteiger partial charge in [-0.15, -0.1) is 4.98 Å². The van der Waals surface area contributed by atoms with Crippen molar-refractivity contribution in [1.29, 1.82) is 0 Å². The summed E-state index contributed by atoms with van der Waals surface area (Å²) in [5.74, 6) is 0.662. The van der Waals surface area contributed by atoms with Gasteiger partial charge in [0.2, 0.25) is 0 Å². The van der Waals surface area contributed by atoms with Crippen LogP contribution in [0.3, 0.4) is 0 Å². The number of hydrogen-bond donors (Lipinski definition) is 2. The van der Waals surface area contributed by atoms with Crippen LogP contribution in [0.2, 0.25) is 0 Å². The highest BCUT2D eigenvalue weighted by Crippen LogP contribution is 2.18. The fourth-order valence-electron chi connectivity index (χ4n) is 1.59. The number of guanidine groups is 1. The Labute approximate surface area is 103 Å². The first-order valence-electron chi connectivity index (χ1n) is 5.35. The fraction of sp³-hybridized carbons (Fsp3) is 0. The number of carbonyl (C=O) groups is 1. The second kappa shape index (κ2) is 4.25. The topological polar surface area (TPSA) is 81.0 Å². The normalized spacial score (nSPS) is 12.3. The van der Waals surface area contributed by atoms with Crippen molar-refractivity contribution in [3.05, 3.63) is 48.4 Å². The van der Waals surface area contributed by atoms with Crippen molar-refractivity contribution in [1.82, 2.24) is 20.3 Å². The van der Waals surface area contributed by atoms with Crippen LogP contribution >= 0.6 is 0 Å². The standard InChI is InChI=1S/C12H9N5O/c18-11(8-4-2-1-3-5-8)17-12-15-9-6-13-7-14-10(9)16-12/h1-7,15H,(H,17,18)/q+1. The van der Waals surface area contributed by atoms with E-state index in [1.54, 1.807) is 30.5 Å². The molecule has 1 aromatic heterocycles. The molecule has 1 radical (unpaired) electrons. The predicted octanol–water partition coefficient (Wildman–Crippen LogP) is 0.655. The van der Waals surface area contributed by atoms with Crippen molar-refractivity contribution in [3.8, 4) is 0 Å². The molecule has 0 unspecified atom stereocenters. The van der Waals surface area contributed by atoms with E-state index in [1.807, 2.05) is 6.07 Å². The maximum absolute atomic E-state index is 11.9. The monoisotopic (exact) mass is 239 g/mol. The summed E-state index contributed by atoms with van der Waals surface area (Å²) in [5.41, 5.74) is 1.25. The van der Waals surface area contributed by atoms with Gasteiger partial charge in [0.1, 0.15) is 0 Å². The van der Waals surface area contributed by atoms with Crippen LogP contribution in [0.1, 0.15) is 10.4 Å². The molecule has 2 N–H and O–H groups in total. The smallest absolute Gasteiger partial charge is 0.256 e. The molecule has 18 heavy (non-hydrogen) atoms. The molecule has 6 nitrogen and oxygen atoms in total. The van der Waals surface area contributed by atoms with Gasteiger partial charge >= 0.3 is 11.8 Å². The van der Waals surface area contributed by atoms with Crippen molar-refractivity contribution < 1.29 is 4.79 Å². The number of nitrogens with zero attached hydrogens (tertiary/aromatic N) is 3. The quantitative estimate of drug-likeness (QED) is 0.765. The second-order valence-electron chi connectivity index (χ2n) is 3.67. The zero-order valence-corrected chi connectivity index (χ0v) is 9.29. The van der Waals surface area contributed by atoms with Gasteiger partial charge in [-0.25, -0.2) is 10.3 Å². The molecular formula is C12H9N5O+. The molecule has 1 amide bonds. The number of carbonyl (C=O) groups excluding carboxylic acids is 1. The van der Waals surface area contributed by atoms with Crippen molar-refractivity contribution in [3.63, 3.8) is 0 Å². The second-order valence-corrected chi connectivity index (χ2v) is 3.67. The van der Waals surface area contributed by atoms with E-state index in [-0.39, 0.29) is 5.91 Å².